The zero-order valence-corrected chi connectivity index (χ0v) is 11.4. The van der Waals surface area contributed by atoms with Crippen LogP contribution in [0.4, 0.5) is 5.69 Å². The molecular weight excluding hydrogens is 244 g/mol. The smallest absolute Gasteiger partial charge is 0.268 e. The highest BCUT2D eigenvalue weighted by Gasteiger charge is 2.15. The highest BCUT2D eigenvalue weighted by atomic mass is 16.5. The Hall–Kier alpha value is -1.40. The summed E-state index contributed by atoms with van der Waals surface area (Å²) in [6.45, 7) is 2.72. The van der Waals surface area contributed by atoms with E-state index in [1.807, 2.05) is 11.9 Å². The number of ether oxygens (including phenoxy) is 1. The minimum Gasteiger partial charge on any atom is -0.378 e. The molecule has 1 aromatic heterocycles. The minimum absolute atomic E-state index is 0.0700. The minimum atomic E-state index is -0.0700. The maximum atomic E-state index is 12.0. The lowest BCUT2D eigenvalue weighted by atomic mass is 10.2. The lowest BCUT2D eigenvalue weighted by Crippen LogP contribution is -2.29. The highest BCUT2D eigenvalue weighted by molar-refractivity contribution is 5.41. The molecule has 0 radical (unpaired) electrons. The summed E-state index contributed by atoms with van der Waals surface area (Å²) in [5.41, 5.74) is 6.23. The number of nitrogens with two attached hydrogens (primary N) is 1. The maximum absolute atomic E-state index is 12.0. The Morgan fingerprint density at radius 2 is 2.47 bits per heavy atom. The van der Waals surface area contributed by atoms with E-state index in [-0.39, 0.29) is 11.7 Å². The molecule has 6 nitrogen and oxygen atoms in total. The fourth-order valence-electron chi connectivity index (χ4n) is 2.26. The molecule has 0 saturated carbocycles. The van der Waals surface area contributed by atoms with Gasteiger partial charge in [-0.2, -0.15) is 5.10 Å². The van der Waals surface area contributed by atoms with Gasteiger partial charge in [0.2, 0.25) is 0 Å². The van der Waals surface area contributed by atoms with Crippen molar-refractivity contribution < 1.29 is 4.74 Å². The van der Waals surface area contributed by atoms with E-state index in [0.717, 1.165) is 31.6 Å². The van der Waals surface area contributed by atoms with Gasteiger partial charge in [-0.1, -0.05) is 0 Å². The van der Waals surface area contributed by atoms with Crippen LogP contribution in [0.15, 0.2) is 17.1 Å². The van der Waals surface area contributed by atoms with E-state index < -0.39 is 0 Å². The second kappa shape index (κ2) is 6.68. The van der Waals surface area contributed by atoms with Gasteiger partial charge in [0, 0.05) is 39.4 Å². The molecule has 19 heavy (non-hydrogen) atoms. The summed E-state index contributed by atoms with van der Waals surface area (Å²) in [6.07, 6.45) is 5.06. The third kappa shape index (κ3) is 3.78. The number of aryl methyl sites for hydroxylation is 1. The molecule has 1 saturated heterocycles. The number of aromatic nitrogens is 2. The summed E-state index contributed by atoms with van der Waals surface area (Å²) in [5, 5.41) is 4.21. The molecule has 1 fully saturated rings. The SMILES string of the molecule is CN(CCN)c1cnn(CCC2CCCO2)c(=O)c1. The van der Waals surface area contributed by atoms with Crippen molar-refractivity contribution in [3.8, 4) is 0 Å². The van der Waals surface area contributed by atoms with Crippen molar-refractivity contribution in [3.63, 3.8) is 0 Å². The molecule has 1 aliphatic heterocycles. The van der Waals surface area contributed by atoms with Gasteiger partial charge in [-0.3, -0.25) is 4.79 Å². The number of hydrogen-bond donors (Lipinski definition) is 1. The van der Waals surface area contributed by atoms with Gasteiger partial charge in [-0.15, -0.1) is 0 Å². The van der Waals surface area contributed by atoms with Gasteiger partial charge >= 0.3 is 0 Å². The van der Waals surface area contributed by atoms with Gasteiger partial charge in [-0.05, 0) is 19.3 Å². The Bertz CT molecular complexity index is 454. The lowest BCUT2D eigenvalue weighted by Gasteiger charge is -2.18. The summed E-state index contributed by atoms with van der Waals surface area (Å²) in [5.74, 6) is 0. The Kier molecular flexibility index (Phi) is 4.93. The van der Waals surface area contributed by atoms with Crippen molar-refractivity contribution in [1.82, 2.24) is 9.78 Å². The molecular formula is C13H22N4O2. The van der Waals surface area contributed by atoms with E-state index in [9.17, 15) is 4.79 Å². The molecule has 1 atom stereocenters. The molecule has 2 rings (SSSR count). The van der Waals surface area contributed by atoms with Crippen LogP contribution in [0.25, 0.3) is 0 Å². The lowest BCUT2D eigenvalue weighted by molar-refractivity contribution is 0.0990. The van der Waals surface area contributed by atoms with E-state index in [0.29, 0.717) is 19.6 Å². The summed E-state index contributed by atoms with van der Waals surface area (Å²) in [7, 11) is 1.90. The van der Waals surface area contributed by atoms with Crippen molar-refractivity contribution in [2.75, 3.05) is 31.6 Å². The van der Waals surface area contributed by atoms with Crippen molar-refractivity contribution in [3.05, 3.63) is 22.6 Å². The van der Waals surface area contributed by atoms with Crippen LogP contribution in [0.3, 0.4) is 0 Å². The molecule has 2 N–H and O–H groups in total. The van der Waals surface area contributed by atoms with Crippen LogP contribution in [-0.4, -0.2) is 42.6 Å². The van der Waals surface area contributed by atoms with Crippen LogP contribution in [0, 0.1) is 0 Å². The van der Waals surface area contributed by atoms with Crippen molar-refractivity contribution in [1.29, 1.82) is 0 Å². The predicted octanol–water partition coefficient (Wildman–Crippen LogP) is 0.207. The van der Waals surface area contributed by atoms with Crippen molar-refractivity contribution in [2.45, 2.75) is 31.9 Å². The van der Waals surface area contributed by atoms with E-state index in [4.69, 9.17) is 10.5 Å². The Labute approximate surface area is 113 Å². The van der Waals surface area contributed by atoms with Crippen LogP contribution < -0.4 is 16.2 Å². The van der Waals surface area contributed by atoms with E-state index in [1.54, 1.807) is 12.3 Å². The Morgan fingerprint density at radius 1 is 1.63 bits per heavy atom. The monoisotopic (exact) mass is 266 g/mol. The van der Waals surface area contributed by atoms with E-state index in [2.05, 4.69) is 5.10 Å². The van der Waals surface area contributed by atoms with Crippen LogP contribution in [-0.2, 0) is 11.3 Å². The third-order valence-corrected chi connectivity index (χ3v) is 3.45. The van der Waals surface area contributed by atoms with Crippen LogP contribution >= 0.6 is 0 Å². The number of nitrogens with zero attached hydrogens (tertiary/aromatic N) is 3. The fraction of sp³-hybridized carbons (Fsp3) is 0.692. The van der Waals surface area contributed by atoms with Gasteiger partial charge in [0.1, 0.15) is 0 Å². The molecule has 0 bridgehead atoms. The van der Waals surface area contributed by atoms with Crippen LogP contribution in [0.1, 0.15) is 19.3 Å². The molecule has 106 valence electrons. The molecule has 0 aliphatic carbocycles. The van der Waals surface area contributed by atoms with Crippen LogP contribution in [0.2, 0.25) is 0 Å². The van der Waals surface area contributed by atoms with E-state index in [1.165, 1.54) is 4.68 Å². The van der Waals surface area contributed by atoms with Crippen molar-refractivity contribution >= 4 is 5.69 Å². The molecule has 1 aliphatic rings. The molecule has 6 heteroatoms. The first-order valence-electron chi connectivity index (χ1n) is 6.80. The number of anilines is 1. The largest absolute Gasteiger partial charge is 0.378 e. The second-order valence-electron chi connectivity index (χ2n) is 4.91. The standard InChI is InChI=1S/C13H22N4O2/c1-16(7-5-14)11-9-13(18)17(15-10-11)6-4-12-3-2-8-19-12/h9-10,12H,2-8,14H2,1H3. The summed E-state index contributed by atoms with van der Waals surface area (Å²) in [6, 6.07) is 1.61. The molecule has 0 aromatic carbocycles. The van der Waals surface area contributed by atoms with E-state index >= 15 is 0 Å². The average Bonchev–Trinajstić information content (AvgIpc) is 2.90. The first kappa shape index (κ1) is 14.0. The molecule has 1 aromatic rings. The number of hydrogen-bond acceptors (Lipinski definition) is 5. The first-order chi connectivity index (χ1) is 9.20. The van der Waals surface area contributed by atoms with Gasteiger partial charge in [0.05, 0.1) is 18.0 Å². The average molecular weight is 266 g/mol. The fourth-order valence-corrected chi connectivity index (χ4v) is 2.26. The third-order valence-electron chi connectivity index (χ3n) is 3.45. The van der Waals surface area contributed by atoms with Gasteiger partial charge in [0.25, 0.3) is 5.56 Å². The predicted molar refractivity (Wildman–Crippen MR) is 74.4 cm³/mol. The van der Waals surface area contributed by atoms with Gasteiger partial charge < -0.3 is 15.4 Å². The molecule has 0 spiro atoms. The van der Waals surface area contributed by atoms with Gasteiger partial charge in [-0.25, -0.2) is 4.68 Å². The maximum Gasteiger partial charge on any atom is 0.268 e. The normalized spacial score (nSPS) is 18.7. The topological polar surface area (TPSA) is 73.4 Å². The number of rotatable bonds is 6. The van der Waals surface area contributed by atoms with Crippen molar-refractivity contribution in [2.24, 2.45) is 5.73 Å². The molecule has 1 unspecified atom stereocenters. The second-order valence-corrected chi connectivity index (χ2v) is 4.91. The molecule has 0 amide bonds. The summed E-state index contributed by atoms with van der Waals surface area (Å²) < 4.78 is 7.04. The van der Waals surface area contributed by atoms with Crippen LogP contribution in [0.5, 0.6) is 0 Å². The first-order valence-corrected chi connectivity index (χ1v) is 6.80. The Morgan fingerprint density at radius 3 is 3.11 bits per heavy atom. The zero-order chi connectivity index (χ0) is 13.7. The van der Waals surface area contributed by atoms with Gasteiger partial charge in [0.15, 0.2) is 0 Å². The zero-order valence-electron chi connectivity index (χ0n) is 11.4. The Balaban J connectivity index is 1.96. The molecule has 2 heterocycles. The summed E-state index contributed by atoms with van der Waals surface area (Å²) >= 11 is 0. The quantitative estimate of drug-likeness (QED) is 0.796. The summed E-state index contributed by atoms with van der Waals surface area (Å²) in [4.78, 5) is 13.9. The number of likely N-dealkylation sites (N-methyl/N-ethyl adjacent to an activating group) is 1. The highest BCUT2D eigenvalue weighted by Crippen LogP contribution is 2.15.